The van der Waals surface area contributed by atoms with Gasteiger partial charge in [0.05, 0.1) is 0 Å². The minimum absolute atomic E-state index is 0.214. The zero-order valence-electron chi connectivity index (χ0n) is 10.4. The highest BCUT2D eigenvalue weighted by atomic mass is 14.9. The summed E-state index contributed by atoms with van der Waals surface area (Å²) >= 11 is 0. The molecule has 0 bridgehead atoms. The summed E-state index contributed by atoms with van der Waals surface area (Å²) in [6.07, 6.45) is 2.18. The SMILES string of the molecule is CCC(C)CNCC(N)Cc1ccccc1. The summed E-state index contributed by atoms with van der Waals surface area (Å²) in [6, 6.07) is 10.6. The summed E-state index contributed by atoms with van der Waals surface area (Å²) in [5.74, 6) is 0.740. The van der Waals surface area contributed by atoms with Crippen molar-refractivity contribution >= 4 is 0 Å². The minimum atomic E-state index is 0.214. The molecule has 90 valence electrons. The van der Waals surface area contributed by atoms with Gasteiger partial charge in [-0.1, -0.05) is 50.6 Å². The highest BCUT2D eigenvalue weighted by Crippen LogP contribution is 2.02. The largest absolute Gasteiger partial charge is 0.326 e. The molecule has 0 radical (unpaired) electrons. The summed E-state index contributed by atoms with van der Waals surface area (Å²) < 4.78 is 0. The van der Waals surface area contributed by atoms with E-state index in [-0.39, 0.29) is 6.04 Å². The van der Waals surface area contributed by atoms with Crippen LogP contribution in [0.3, 0.4) is 0 Å². The van der Waals surface area contributed by atoms with Crippen LogP contribution in [0, 0.1) is 5.92 Å². The molecule has 16 heavy (non-hydrogen) atoms. The fourth-order valence-corrected chi connectivity index (χ4v) is 1.65. The lowest BCUT2D eigenvalue weighted by Gasteiger charge is -2.15. The molecule has 0 heterocycles. The van der Waals surface area contributed by atoms with Gasteiger partial charge in [0.2, 0.25) is 0 Å². The second kappa shape index (κ2) is 7.42. The van der Waals surface area contributed by atoms with Crippen LogP contribution >= 0.6 is 0 Å². The topological polar surface area (TPSA) is 38.0 Å². The number of hydrogen-bond donors (Lipinski definition) is 2. The monoisotopic (exact) mass is 220 g/mol. The van der Waals surface area contributed by atoms with Crippen molar-refractivity contribution in [3.8, 4) is 0 Å². The average molecular weight is 220 g/mol. The van der Waals surface area contributed by atoms with E-state index in [1.165, 1.54) is 12.0 Å². The molecule has 0 fully saturated rings. The first kappa shape index (κ1) is 13.2. The molecule has 2 heteroatoms. The van der Waals surface area contributed by atoms with E-state index in [1.54, 1.807) is 0 Å². The second-order valence-electron chi connectivity index (χ2n) is 4.62. The Labute approximate surface area is 99.2 Å². The summed E-state index contributed by atoms with van der Waals surface area (Å²) in [7, 11) is 0. The van der Waals surface area contributed by atoms with Gasteiger partial charge in [0, 0.05) is 12.6 Å². The van der Waals surface area contributed by atoms with Crippen molar-refractivity contribution in [1.82, 2.24) is 5.32 Å². The van der Waals surface area contributed by atoms with Crippen LogP contribution in [0.25, 0.3) is 0 Å². The van der Waals surface area contributed by atoms with Crippen molar-refractivity contribution in [3.63, 3.8) is 0 Å². The van der Waals surface area contributed by atoms with Crippen molar-refractivity contribution in [1.29, 1.82) is 0 Å². The zero-order valence-corrected chi connectivity index (χ0v) is 10.4. The quantitative estimate of drug-likeness (QED) is 0.739. The molecular formula is C14H24N2. The number of nitrogens with one attached hydrogen (secondary N) is 1. The molecule has 0 aliphatic rings. The maximum Gasteiger partial charge on any atom is 0.0206 e. The van der Waals surface area contributed by atoms with E-state index in [0.29, 0.717) is 0 Å². The Kier molecular flexibility index (Phi) is 6.12. The van der Waals surface area contributed by atoms with Gasteiger partial charge < -0.3 is 11.1 Å². The minimum Gasteiger partial charge on any atom is -0.326 e. The number of nitrogens with two attached hydrogens (primary N) is 1. The number of benzene rings is 1. The fraction of sp³-hybridized carbons (Fsp3) is 0.571. The average Bonchev–Trinajstić information content (AvgIpc) is 2.30. The van der Waals surface area contributed by atoms with Gasteiger partial charge in [0.15, 0.2) is 0 Å². The van der Waals surface area contributed by atoms with Crippen LogP contribution in [-0.2, 0) is 6.42 Å². The first-order valence-electron chi connectivity index (χ1n) is 6.22. The van der Waals surface area contributed by atoms with E-state index in [1.807, 2.05) is 6.07 Å². The molecule has 2 nitrogen and oxygen atoms in total. The number of rotatable bonds is 7. The lowest BCUT2D eigenvalue weighted by atomic mass is 10.1. The molecule has 2 atom stereocenters. The Morgan fingerprint density at radius 2 is 1.88 bits per heavy atom. The maximum atomic E-state index is 6.07. The molecular weight excluding hydrogens is 196 g/mol. The predicted octanol–water partition coefficient (Wildman–Crippen LogP) is 2.19. The second-order valence-corrected chi connectivity index (χ2v) is 4.62. The maximum absolute atomic E-state index is 6.07. The molecule has 0 saturated carbocycles. The Balaban J connectivity index is 2.19. The fourth-order valence-electron chi connectivity index (χ4n) is 1.65. The standard InChI is InChI=1S/C14H24N2/c1-3-12(2)10-16-11-14(15)9-13-7-5-4-6-8-13/h4-8,12,14,16H,3,9-11,15H2,1-2H3. The van der Waals surface area contributed by atoms with Gasteiger partial charge in [-0.2, -0.15) is 0 Å². The molecule has 1 aromatic carbocycles. The van der Waals surface area contributed by atoms with E-state index in [2.05, 4.69) is 43.4 Å². The van der Waals surface area contributed by atoms with Gasteiger partial charge in [-0.05, 0) is 24.4 Å². The van der Waals surface area contributed by atoms with Crippen molar-refractivity contribution in [2.45, 2.75) is 32.7 Å². The Bertz CT molecular complexity index is 271. The van der Waals surface area contributed by atoms with E-state index in [0.717, 1.165) is 25.4 Å². The van der Waals surface area contributed by atoms with Crippen LogP contribution in [0.4, 0.5) is 0 Å². The third-order valence-corrected chi connectivity index (χ3v) is 2.94. The van der Waals surface area contributed by atoms with Gasteiger partial charge in [0.1, 0.15) is 0 Å². The molecule has 1 aromatic rings. The van der Waals surface area contributed by atoms with E-state index < -0.39 is 0 Å². The lowest BCUT2D eigenvalue weighted by molar-refractivity contribution is 0.477. The van der Waals surface area contributed by atoms with Gasteiger partial charge in [-0.15, -0.1) is 0 Å². The molecule has 0 saturated heterocycles. The summed E-state index contributed by atoms with van der Waals surface area (Å²) in [5.41, 5.74) is 7.39. The lowest BCUT2D eigenvalue weighted by Crippen LogP contribution is -2.37. The Morgan fingerprint density at radius 3 is 2.50 bits per heavy atom. The zero-order chi connectivity index (χ0) is 11.8. The van der Waals surface area contributed by atoms with Crippen LogP contribution in [0.1, 0.15) is 25.8 Å². The van der Waals surface area contributed by atoms with Crippen molar-refractivity contribution in [2.75, 3.05) is 13.1 Å². The van der Waals surface area contributed by atoms with Crippen molar-refractivity contribution in [3.05, 3.63) is 35.9 Å². The molecule has 0 aliphatic heterocycles. The van der Waals surface area contributed by atoms with Crippen LogP contribution in [0.2, 0.25) is 0 Å². The molecule has 2 unspecified atom stereocenters. The molecule has 1 rings (SSSR count). The number of hydrogen-bond acceptors (Lipinski definition) is 2. The first-order chi connectivity index (χ1) is 7.72. The van der Waals surface area contributed by atoms with Gasteiger partial charge in [0.25, 0.3) is 0 Å². The predicted molar refractivity (Wildman–Crippen MR) is 70.4 cm³/mol. The van der Waals surface area contributed by atoms with Crippen molar-refractivity contribution in [2.24, 2.45) is 11.7 Å². The highest BCUT2D eigenvalue weighted by molar-refractivity contribution is 5.15. The van der Waals surface area contributed by atoms with Gasteiger partial charge in [-0.3, -0.25) is 0 Å². The molecule has 0 aromatic heterocycles. The van der Waals surface area contributed by atoms with Crippen molar-refractivity contribution < 1.29 is 0 Å². The van der Waals surface area contributed by atoms with Gasteiger partial charge >= 0.3 is 0 Å². The molecule has 0 amide bonds. The smallest absolute Gasteiger partial charge is 0.0206 e. The van der Waals surface area contributed by atoms with Crippen LogP contribution in [0.15, 0.2) is 30.3 Å². The third kappa shape index (κ3) is 5.29. The first-order valence-corrected chi connectivity index (χ1v) is 6.22. The van der Waals surface area contributed by atoms with Crippen LogP contribution < -0.4 is 11.1 Å². The summed E-state index contributed by atoms with van der Waals surface area (Å²) in [5, 5.41) is 3.43. The molecule has 0 aliphatic carbocycles. The summed E-state index contributed by atoms with van der Waals surface area (Å²) in [4.78, 5) is 0. The Morgan fingerprint density at radius 1 is 1.19 bits per heavy atom. The van der Waals surface area contributed by atoms with Crippen LogP contribution in [-0.4, -0.2) is 19.1 Å². The molecule has 3 N–H and O–H groups in total. The normalized spacial score (nSPS) is 14.7. The van der Waals surface area contributed by atoms with Gasteiger partial charge in [-0.25, -0.2) is 0 Å². The molecule has 0 spiro atoms. The van der Waals surface area contributed by atoms with Crippen LogP contribution in [0.5, 0.6) is 0 Å². The Hall–Kier alpha value is -0.860. The summed E-state index contributed by atoms with van der Waals surface area (Å²) in [6.45, 7) is 6.45. The van der Waals surface area contributed by atoms with E-state index >= 15 is 0 Å². The van der Waals surface area contributed by atoms with E-state index in [4.69, 9.17) is 5.73 Å². The highest BCUT2D eigenvalue weighted by Gasteiger charge is 2.04. The third-order valence-electron chi connectivity index (χ3n) is 2.94. The van der Waals surface area contributed by atoms with E-state index in [9.17, 15) is 0 Å².